The van der Waals surface area contributed by atoms with Crippen LogP contribution in [0.5, 0.6) is 0 Å². The average molecular weight is 344 g/mol. The Labute approximate surface area is 146 Å². The Bertz CT molecular complexity index is 811. The number of benzene rings is 1. The van der Waals surface area contributed by atoms with Crippen molar-refractivity contribution in [2.24, 2.45) is 0 Å². The number of hydrogen-bond acceptors (Lipinski definition) is 5. The highest BCUT2D eigenvalue weighted by atomic mass is 16.4. The Morgan fingerprint density at radius 1 is 1.32 bits per heavy atom. The molecule has 2 N–H and O–H groups in total. The van der Waals surface area contributed by atoms with E-state index in [1.807, 2.05) is 12.1 Å². The zero-order valence-corrected chi connectivity index (χ0v) is 14.5. The van der Waals surface area contributed by atoms with Gasteiger partial charge in [0, 0.05) is 49.3 Å². The van der Waals surface area contributed by atoms with Gasteiger partial charge in [0.2, 0.25) is 5.91 Å². The summed E-state index contributed by atoms with van der Waals surface area (Å²) < 4.78 is 5.32. The van der Waals surface area contributed by atoms with Crippen LogP contribution in [0.1, 0.15) is 38.2 Å². The number of unbranched alkanes of at least 4 members (excludes halogenated alkanes) is 1. The van der Waals surface area contributed by atoms with Crippen LogP contribution >= 0.6 is 0 Å². The molecule has 0 spiro atoms. The molecule has 1 heterocycles. The number of aliphatic hydroxyl groups is 1. The molecule has 6 nitrogen and oxygen atoms in total. The first-order chi connectivity index (χ1) is 12.1. The van der Waals surface area contributed by atoms with Crippen LogP contribution < -0.4 is 10.9 Å². The summed E-state index contributed by atoms with van der Waals surface area (Å²) in [6.07, 6.45) is 4.11. The highest BCUT2D eigenvalue weighted by molar-refractivity contribution is 5.92. The first kappa shape index (κ1) is 17.6. The number of hydrogen-bond donors (Lipinski definition) is 2. The molecule has 1 fully saturated rings. The maximum absolute atomic E-state index is 12.0. The van der Waals surface area contributed by atoms with Crippen molar-refractivity contribution in [3.05, 3.63) is 40.2 Å². The summed E-state index contributed by atoms with van der Waals surface area (Å²) in [5, 5.41) is 12.6. The summed E-state index contributed by atoms with van der Waals surface area (Å²) >= 11 is 0. The van der Waals surface area contributed by atoms with E-state index < -0.39 is 0 Å². The van der Waals surface area contributed by atoms with Crippen LogP contribution in [0.15, 0.2) is 33.5 Å². The fourth-order valence-electron chi connectivity index (χ4n) is 3.12. The molecular formula is C19H24N2O4. The quantitative estimate of drug-likeness (QED) is 0.568. The van der Waals surface area contributed by atoms with Gasteiger partial charge in [-0.1, -0.05) is 0 Å². The third-order valence-electron chi connectivity index (χ3n) is 4.44. The molecule has 0 atom stereocenters. The predicted octanol–water partition coefficient (Wildman–Crippen LogP) is 2.49. The van der Waals surface area contributed by atoms with E-state index in [0.717, 1.165) is 30.3 Å². The van der Waals surface area contributed by atoms with Crippen molar-refractivity contribution >= 4 is 22.6 Å². The van der Waals surface area contributed by atoms with Crippen molar-refractivity contribution in [2.75, 3.05) is 18.5 Å². The van der Waals surface area contributed by atoms with E-state index in [4.69, 9.17) is 9.52 Å². The molecule has 2 aromatic rings. The topological polar surface area (TPSA) is 82.8 Å². The second-order valence-corrected chi connectivity index (χ2v) is 6.62. The number of anilines is 1. The van der Waals surface area contributed by atoms with Gasteiger partial charge in [-0.2, -0.15) is 0 Å². The van der Waals surface area contributed by atoms with Gasteiger partial charge in [0.25, 0.3) is 0 Å². The zero-order chi connectivity index (χ0) is 17.8. The molecule has 1 amide bonds. The third-order valence-corrected chi connectivity index (χ3v) is 4.44. The summed E-state index contributed by atoms with van der Waals surface area (Å²) in [5.74, 6) is -0.165. The first-order valence-electron chi connectivity index (χ1n) is 8.76. The van der Waals surface area contributed by atoms with Crippen molar-refractivity contribution in [2.45, 2.75) is 45.2 Å². The average Bonchev–Trinajstić information content (AvgIpc) is 3.37. The molecule has 3 rings (SSSR count). The summed E-state index contributed by atoms with van der Waals surface area (Å²) in [6, 6.07) is 7.52. The molecule has 1 aliphatic carbocycles. The number of fused-ring (bicyclic) bond motifs is 1. The minimum atomic E-state index is -0.381. The van der Waals surface area contributed by atoms with E-state index in [-0.39, 0.29) is 18.1 Å². The number of aliphatic hydroxyl groups excluding tert-OH is 1. The Kier molecular flexibility index (Phi) is 5.50. The van der Waals surface area contributed by atoms with Crippen LogP contribution in [0.2, 0.25) is 0 Å². The van der Waals surface area contributed by atoms with Crippen molar-refractivity contribution in [1.82, 2.24) is 4.90 Å². The summed E-state index contributed by atoms with van der Waals surface area (Å²) in [4.78, 5) is 25.5. The third kappa shape index (κ3) is 4.67. The molecule has 0 unspecified atom stereocenters. The minimum absolute atomic E-state index is 0.165. The number of nitrogens with one attached hydrogen (secondary N) is 1. The predicted molar refractivity (Wildman–Crippen MR) is 96.5 cm³/mol. The number of carbonyl (C=O) groups excluding carboxylic acids is 1. The lowest BCUT2D eigenvalue weighted by molar-refractivity contribution is -0.114. The smallest absolute Gasteiger partial charge is 0.336 e. The van der Waals surface area contributed by atoms with Crippen LogP contribution in [-0.4, -0.2) is 35.1 Å². The second-order valence-electron chi connectivity index (χ2n) is 6.62. The van der Waals surface area contributed by atoms with Gasteiger partial charge in [-0.3, -0.25) is 9.69 Å². The summed E-state index contributed by atoms with van der Waals surface area (Å²) in [5.41, 5.74) is 1.66. The highest BCUT2D eigenvalue weighted by Crippen LogP contribution is 2.30. The van der Waals surface area contributed by atoms with Crippen LogP contribution in [0.25, 0.3) is 11.0 Å². The fraction of sp³-hybridized carbons (Fsp3) is 0.474. The number of rotatable bonds is 8. The van der Waals surface area contributed by atoms with E-state index in [9.17, 15) is 9.59 Å². The SMILES string of the molecule is CC(=O)Nc1ccc2c(CN(CCCCO)C3CC3)cc(=O)oc2c1. The lowest BCUT2D eigenvalue weighted by Gasteiger charge is -2.22. The first-order valence-corrected chi connectivity index (χ1v) is 8.76. The van der Waals surface area contributed by atoms with E-state index in [2.05, 4.69) is 10.2 Å². The number of carbonyl (C=O) groups is 1. The maximum atomic E-state index is 12.0. The van der Waals surface area contributed by atoms with Gasteiger partial charge in [0.1, 0.15) is 5.58 Å². The molecule has 0 radical (unpaired) electrons. The standard InChI is InChI=1S/C19H24N2O4/c1-13(23)20-15-4-7-17-14(10-19(24)25-18(17)11-15)12-21(16-5-6-16)8-2-3-9-22/h4,7,10-11,16,22H,2-3,5-6,8-9,12H2,1H3,(H,20,23). The zero-order valence-electron chi connectivity index (χ0n) is 14.5. The molecule has 1 aromatic heterocycles. The molecule has 1 aromatic carbocycles. The number of nitrogens with zero attached hydrogens (tertiary/aromatic N) is 1. The van der Waals surface area contributed by atoms with Crippen LogP contribution in [-0.2, 0) is 11.3 Å². The van der Waals surface area contributed by atoms with E-state index in [1.165, 1.54) is 19.8 Å². The minimum Gasteiger partial charge on any atom is -0.423 e. The van der Waals surface area contributed by atoms with Gasteiger partial charge in [-0.15, -0.1) is 0 Å². The fourth-order valence-corrected chi connectivity index (χ4v) is 3.12. The monoisotopic (exact) mass is 344 g/mol. The van der Waals surface area contributed by atoms with Crippen LogP contribution in [0.3, 0.4) is 0 Å². The highest BCUT2D eigenvalue weighted by Gasteiger charge is 2.29. The van der Waals surface area contributed by atoms with Crippen LogP contribution in [0, 0.1) is 0 Å². The number of amides is 1. The molecule has 6 heteroatoms. The molecule has 0 bridgehead atoms. The van der Waals surface area contributed by atoms with Crippen molar-refractivity contribution < 1.29 is 14.3 Å². The molecule has 0 saturated heterocycles. The molecule has 0 aliphatic heterocycles. The Morgan fingerprint density at radius 3 is 2.80 bits per heavy atom. The molecule has 1 aliphatic rings. The van der Waals surface area contributed by atoms with Crippen molar-refractivity contribution in [3.8, 4) is 0 Å². The lowest BCUT2D eigenvalue weighted by Crippen LogP contribution is -2.27. The largest absolute Gasteiger partial charge is 0.423 e. The van der Waals surface area contributed by atoms with Crippen molar-refractivity contribution in [3.63, 3.8) is 0 Å². The van der Waals surface area contributed by atoms with Gasteiger partial charge in [-0.25, -0.2) is 4.79 Å². The van der Waals surface area contributed by atoms with E-state index in [0.29, 0.717) is 23.9 Å². The molecule has 25 heavy (non-hydrogen) atoms. The lowest BCUT2D eigenvalue weighted by atomic mass is 10.1. The maximum Gasteiger partial charge on any atom is 0.336 e. The van der Waals surface area contributed by atoms with Gasteiger partial charge in [0.15, 0.2) is 0 Å². The second kappa shape index (κ2) is 7.80. The van der Waals surface area contributed by atoms with E-state index >= 15 is 0 Å². The normalized spacial score (nSPS) is 14.2. The molecular weight excluding hydrogens is 320 g/mol. The van der Waals surface area contributed by atoms with Gasteiger partial charge in [-0.05, 0) is 49.9 Å². The molecule has 1 saturated carbocycles. The summed E-state index contributed by atoms with van der Waals surface area (Å²) in [6.45, 7) is 3.26. The molecule has 134 valence electrons. The Balaban J connectivity index is 1.86. The summed E-state index contributed by atoms with van der Waals surface area (Å²) in [7, 11) is 0. The van der Waals surface area contributed by atoms with Gasteiger partial charge < -0.3 is 14.8 Å². The van der Waals surface area contributed by atoms with E-state index in [1.54, 1.807) is 12.1 Å². The van der Waals surface area contributed by atoms with Crippen LogP contribution in [0.4, 0.5) is 5.69 Å². The van der Waals surface area contributed by atoms with Crippen molar-refractivity contribution in [1.29, 1.82) is 0 Å². The Hall–Kier alpha value is -2.18. The Morgan fingerprint density at radius 2 is 2.12 bits per heavy atom. The van der Waals surface area contributed by atoms with Gasteiger partial charge >= 0.3 is 5.63 Å². The van der Waals surface area contributed by atoms with Gasteiger partial charge in [0.05, 0.1) is 0 Å².